The summed E-state index contributed by atoms with van der Waals surface area (Å²) in [6, 6.07) is 13.0. The van der Waals surface area contributed by atoms with Crippen LogP contribution in [0.1, 0.15) is 18.1 Å². The van der Waals surface area contributed by atoms with E-state index in [1.807, 2.05) is 26.0 Å². The minimum atomic E-state index is -0.607. The van der Waals surface area contributed by atoms with Crippen LogP contribution in [0.2, 0.25) is 5.02 Å². The second kappa shape index (κ2) is 8.60. The van der Waals surface area contributed by atoms with Gasteiger partial charge in [-0.1, -0.05) is 35.4 Å². The van der Waals surface area contributed by atoms with Gasteiger partial charge < -0.3 is 14.8 Å². The van der Waals surface area contributed by atoms with E-state index in [0.717, 1.165) is 11.3 Å². The van der Waals surface area contributed by atoms with Crippen LogP contribution in [0.4, 0.5) is 0 Å². The lowest BCUT2D eigenvalue weighted by Gasteiger charge is -2.15. The van der Waals surface area contributed by atoms with Gasteiger partial charge in [0.05, 0.1) is 6.54 Å². The fourth-order valence-corrected chi connectivity index (χ4v) is 2.42. The van der Waals surface area contributed by atoms with Gasteiger partial charge in [0.15, 0.2) is 6.10 Å². The Labute approximate surface area is 147 Å². The topological polar surface area (TPSA) is 47.6 Å². The molecule has 0 spiro atoms. The third-order valence-corrected chi connectivity index (χ3v) is 3.70. The van der Waals surface area contributed by atoms with Gasteiger partial charge in [-0.2, -0.15) is 0 Å². The molecule has 0 aliphatic carbocycles. The third-order valence-electron chi connectivity index (χ3n) is 3.47. The first-order valence-electron chi connectivity index (χ1n) is 7.85. The molecule has 0 aliphatic heterocycles. The average molecular weight is 348 g/mol. The lowest BCUT2D eigenvalue weighted by Crippen LogP contribution is -2.38. The molecule has 24 heavy (non-hydrogen) atoms. The van der Waals surface area contributed by atoms with E-state index < -0.39 is 6.10 Å². The number of ether oxygens (including phenoxy) is 2. The maximum absolute atomic E-state index is 12.0. The molecule has 0 saturated heterocycles. The number of hydrogen-bond donors (Lipinski definition) is 1. The highest BCUT2D eigenvalue weighted by Gasteiger charge is 2.14. The molecule has 5 heteroatoms. The molecule has 0 heterocycles. The van der Waals surface area contributed by atoms with Crippen molar-refractivity contribution in [2.45, 2.75) is 26.9 Å². The van der Waals surface area contributed by atoms with E-state index >= 15 is 0 Å². The quantitative estimate of drug-likeness (QED) is 0.772. The summed E-state index contributed by atoms with van der Waals surface area (Å²) >= 11 is 5.89. The summed E-state index contributed by atoms with van der Waals surface area (Å²) in [6.07, 6.45) is -0.607. The van der Waals surface area contributed by atoms with Crippen molar-refractivity contribution in [2.75, 3.05) is 13.2 Å². The first kappa shape index (κ1) is 18.1. The predicted octanol–water partition coefficient (Wildman–Crippen LogP) is 3.92. The molecule has 1 amide bonds. The zero-order valence-corrected chi connectivity index (χ0v) is 14.9. The van der Waals surface area contributed by atoms with E-state index in [2.05, 4.69) is 11.4 Å². The summed E-state index contributed by atoms with van der Waals surface area (Å²) in [6.45, 7) is 6.55. The smallest absolute Gasteiger partial charge is 0.260 e. The molecule has 0 aliphatic rings. The van der Waals surface area contributed by atoms with E-state index in [-0.39, 0.29) is 5.91 Å². The maximum atomic E-state index is 12.0. The number of rotatable bonds is 7. The number of nitrogens with one attached hydrogen (secondary N) is 1. The van der Waals surface area contributed by atoms with Crippen LogP contribution in [0.5, 0.6) is 11.5 Å². The molecule has 2 aromatic rings. The number of aryl methyl sites for hydroxylation is 2. The highest BCUT2D eigenvalue weighted by Crippen LogP contribution is 2.19. The number of amides is 1. The van der Waals surface area contributed by atoms with Crippen LogP contribution in [0.15, 0.2) is 42.5 Å². The number of carbonyl (C=O) groups is 1. The van der Waals surface area contributed by atoms with E-state index in [1.54, 1.807) is 31.2 Å². The van der Waals surface area contributed by atoms with Gasteiger partial charge in [0, 0.05) is 5.02 Å². The molecule has 128 valence electrons. The van der Waals surface area contributed by atoms with E-state index in [4.69, 9.17) is 21.1 Å². The number of benzene rings is 2. The van der Waals surface area contributed by atoms with Crippen molar-refractivity contribution in [3.63, 3.8) is 0 Å². The first-order chi connectivity index (χ1) is 11.5. The zero-order valence-electron chi connectivity index (χ0n) is 14.1. The van der Waals surface area contributed by atoms with E-state index in [1.165, 1.54) is 5.56 Å². The van der Waals surface area contributed by atoms with Gasteiger partial charge in [0.1, 0.15) is 18.1 Å². The van der Waals surface area contributed by atoms with Crippen LogP contribution < -0.4 is 14.8 Å². The average Bonchev–Trinajstić information content (AvgIpc) is 2.53. The highest BCUT2D eigenvalue weighted by atomic mass is 35.5. The Morgan fingerprint density at radius 3 is 2.71 bits per heavy atom. The first-order valence-corrected chi connectivity index (χ1v) is 8.23. The molecular weight excluding hydrogens is 326 g/mol. The van der Waals surface area contributed by atoms with E-state index in [9.17, 15) is 4.79 Å². The maximum Gasteiger partial charge on any atom is 0.260 e. The molecule has 2 rings (SSSR count). The molecule has 0 aromatic heterocycles. The minimum Gasteiger partial charge on any atom is -0.491 e. The van der Waals surface area contributed by atoms with Crippen LogP contribution in [-0.2, 0) is 4.79 Å². The zero-order chi connectivity index (χ0) is 17.5. The number of carbonyl (C=O) groups excluding carboxylic acids is 1. The van der Waals surface area contributed by atoms with Gasteiger partial charge >= 0.3 is 0 Å². The summed E-state index contributed by atoms with van der Waals surface area (Å²) in [5.74, 6) is 1.20. The van der Waals surface area contributed by atoms with Crippen molar-refractivity contribution >= 4 is 17.5 Å². The van der Waals surface area contributed by atoms with Crippen molar-refractivity contribution in [1.82, 2.24) is 5.32 Å². The third kappa shape index (κ3) is 5.46. The van der Waals surface area contributed by atoms with Crippen LogP contribution in [0.25, 0.3) is 0 Å². The molecule has 2 aromatic carbocycles. The Hall–Kier alpha value is -2.20. The summed E-state index contributed by atoms with van der Waals surface area (Å²) in [5.41, 5.74) is 2.28. The Kier molecular flexibility index (Phi) is 6.50. The molecule has 0 saturated carbocycles. The Morgan fingerprint density at radius 1 is 1.21 bits per heavy atom. The van der Waals surface area contributed by atoms with Gasteiger partial charge in [-0.05, 0) is 50.6 Å². The van der Waals surface area contributed by atoms with Crippen molar-refractivity contribution < 1.29 is 14.3 Å². The van der Waals surface area contributed by atoms with Gasteiger partial charge in [-0.15, -0.1) is 0 Å². The fraction of sp³-hybridized carbons (Fsp3) is 0.316. The van der Waals surface area contributed by atoms with Crippen LogP contribution >= 0.6 is 11.6 Å². The Bertz CT molecular complexity index is 703. The van der Waals surface area contributed by atoms with Gasteiger partial charge in [-0.25, -0.2) is 0 Å². The molecular formula is C19H22ClNO3. The summed E-state index contributed by atoms with van der Waals surface area (Å²) in [4.78, 5) is 12.0. The molecule has 4 nitrogen and oxygen atoms in total. The lowest BCUT2D eigenvalue weighted by molar-refractivity contribution is -0.127. The lowest BCUT2D eigenvalue weighted by atomic mass is 10.1. The summed E-state index contributed by atoms with van der Waals surface area (Å²) in [7, 11) is 0. The molecule has 1 atom stereocenters. The van der Waals surface area contributed by atoms with Crippen molar-refractivity contribution in [3.8, 4) is 11.5 Å². The highest BCUT2D eigenvalue weighted by molar-refractivity contribution is 6.30. The van der Waals surface area contributed by atoms with Crippen LogP contribution in [-0.4, -0.2) is 25.2 Å². The molecule has 1 N–H and O–H groups in total. The molecule has 0 fully saturated rings. The van der Waals surface area contributed by atoms with Crippen LogP contribution in [0, 0.1) is 13.8 Å². The van der Waals surface area contributed by atoms with Crippen LogP contribution in [0.3, 0.4) is 0 Å². The monoisotopic (exact) mass is 347 g/mol. The van der Waals surface area contributed by atoms with Gasteiger partial charge in [-0.3, -0.25) is 4.79 Å². The van der Waals surface area contributed by atoms with Crippen molar-refractivity contribution in [1.29, 1.82) is 0 Å². The van der Waals surface area contributed by atoms with Gasteiger partial charge in [0.25, 0.3) is 5.91 Å². The number of halogens is 1. The molecule has 1 unspecified atom stereocenters. The summed E-state index contributed by atoms with van der Waals surface area (Å²) < 4.78 is 11.3. The Morgan fingerprint density at radius 2 is 2.00 bits per heavy atom. The van der Waals surface area contributed by atoms with Gasteiger partial charge in [0.2, 0.25) is 0 Å². The van der Waals surface area contributed by atoms with Crippen molar-refractivity contribution in [3.05, 3.63) is 58.6 Å². The Balaban J connectivity index is 1.74. The second-order valence-electron chi connectivity index (χ2n) is 5.63. The minimum absolute atomic E-state index is 0.195. The van der Waals surface area contributed by atoms with E-state index in [0.29, 0.717) is 23.9 Å². The molecule has 0 radical (unpaired) electrons. The SMILES string of the molecule is Cc1ccc(OCCNC(=O)C(C)Oc2cccc(Cl)c2)c(C)c1. The summed E-state index contributed by atoms with van der Waals surface area (Å²) in [5, 5.41) is 3.37. The normalized spacial score (nSPS) is 11.7. The largest absolute Gasteiger partial charge is 0.491 e. The standard InChI is InChI=1S/C19H22ClNO3/c1-13-7-8-18(14(2)11-13)23-10-9-21-19(22)15(3)24-17-6-4-5-16(20)12-17/h4-8,11-12,15H,9-10H2,1-3H3,(H,21,22). The number of hydrogen-bond acceptors (Lipinski definition) is 3. The van der Waals surface area contributed by atoms with Crippen molar-refractivity contribution in [2.24, 2.45) is 0 Å². The predicted molar refractivity (Wildman–Crippen MR) is 96.0 cm³/mol. The second-order valence-corrected chi connectivity index (χ2v) is 6.06. The molecule has 0 bridgehead atoms. The fourth-order valence-electron chi connectivity index (χ4n) is 2.24.